The molecule has 2 aliphatic heterocycles. The second-order valence-corrected chi connectivity index (χ2v) is 11.6. The van der Waals surface area contributed by atoms with Crippen LogP contribution < -0.4 is 30.9 Å². The molecule has 11 heteroatoms. The van der Waals surface area contributed by atoms with E-state index in [2.05, 4.69) is 46.2 Å². The van der Waals surface area contributed by atoms with Gasteiger partial charge in [-0.2, -0.15) is 10.7 Å². The molecule has 1 saturated heterocycles. The lowest BCUT2D eigenvalue weighted by Crippen LogP contribution is -2.31. The van der Waals surface area contributed by atoms with E-state index >= 15 is 0 Å². The summed E-state index contributed by atoms with van der Waals surface area (Å²) in [6.07, 6.45) is 2.13. The van der Waals surface area contributed by atoms with Gasteiger partial charge in [-0.05, 0) is 78.5 Å². The summed E-state index contributed by atoms with van der Waals surface area (Å²) in [4.78, 5) is 20.3. The lowest BCUT2D eigenvalue weighted by molar-refractivity contribution is -0.116. The van der Waals surface area contributed by atoms with Crippen molar-refractivity contribution >= 4 is 34.6 Å². The number of hydrogen-bond acceptors (Lipinski definition) is 9. The lowest BCUT2D eigenvalue weighted by atomic mass is 9.88. The van der Waals surface area contributed by atoms with Gasteiger partial charge in [0.05, 0.1) is 48.1 Å². The number of nitrogens with zero attached hydrogens (tertiary/aromatic N) is 2. The zero-order valence-corrected chi connectivity index (χ0v) is 25.9. The average molecular weight is 599 g/mol. The van der Waals surface area contributed by atoms with Crippen molar-refractivity contribution in [3.8, 4) is 17.6 Å². The molecule has 1 amide bonds. The molecule has 5 atom stereocenters. The normalized spacial score (nSPS) is 23.0. The van der Waals surface area contributed by atoms with Crippen LogP contribution in [0.15, 0.2) is 30.3 Å². The molecule has 0 aromatic heterocycles. The Kier molecular flexibility index (Phi) is 11.2. The number of nitrogens with one attached hydrogen (secondary N) is 4. The Balaban J connectivity index is 1.49. The fourth-order valence-corrected chi connectivity index (χ4v) is 5.71. The highest BCUT2D eigenvalue weighted by molar-refractivity contribution is 6.32. The number of carbonyl (C=O) groups is 1. The van der Waals surface area contributed by atoms with Gasteiger partial charge in [-0.25, -0.2) is 0 Å². The molecule has 2 heterocycles. The predicted octanol–water partition coefficient (Wildman–Crippen LogP) is 5.43. The number of anilines is 3. The molecule has 2 aromatic rings. The SMILES string of the molecule is CCOc1cc2c(cc1NC(=O)CCCN(C)C)C(Nc1ccc(OCCC3C(C)NOC3C)c(Cl)c1)C(C#N)CN2. The third-order valence-corrected chi connectivity index (χ3v) is 8.09. The number of halogens is 1. The first-order valence-corrected chi connectivity index (χ1v) is 15.1. The van der Waals surface area contributed by atoms with Crippen molar-refractivity contribution in [1.29, 1.82) is 5.26 Å². The topological polar surface area (TPSA) is 120 Å². The van der Waals surface area contributed by atoms with Gasteiger partial charge in [-0.3, -0.25) is 9.63 Å². The van der Waals surface area contributed by atoms with E-state index in [9.17, 15) is 10.1 Å². The van der Waals surface area contributed by atoms with E-state index in [1.807, 2.05) is 51.4 Å². The molecule has 0 spiro atoms. The summed E-state index contributed by atoms with van der Waals surface area (Å²) in [5.41, 5.74) is 6.11. The zero-order chi connectivity index (χ0) is 30.2. The van der Waals surface area contributed by atoms with Crippen LogP contribution in [-0.2, 0) is 9.63 Å². The Bertz CT molecular complexity index is 1260. The minimum atomic E-state index is -0.361. The van der Waals surface area contributed by atoms with E-state index in [4.69, 9.17) is 25.9 Å². The van der Waals surface area contributed by atoms with Crippen LogP contribution in [0, 0.1) is 23.2 Å². The molecular formula is C31H43ClN6O4. The fourth-order valence-electron chi connectivity index (χ4n) is 5.47. The Morgan fingerprint density at radius 3 is 2.69 bits per heavy atom. The number of fused-ring (bicyclic) bond motifs is 1. The van der Waals surface area contributed by atoms with Crippen LogP contribution in [0.1, 0.15) is 51.6 Å². The van der Waals surface area contributed by atoms with Gasteiger partial charge in [-0.15, -0.1) is 0 Å². The number of benzene rings is 2. The van der Waals surface area contributed by atoms with Crippen molar-refractivity contribution in [1.82, 2.24) is 10.4 Å². The first-order chi connectivity index (χ1) is 20.2. The maximum absolute atomic E-state index is 12.8. The van der Waals surface area contributed by atoms with Gasteiger partial charge in [0.15, 0.2) is 0 Å². The Labute approximate surface area is 254 Å². The van der Waals surface area contributed by atoms with E-state index in [-0.39, 0.29) is 30.0 Å². The monoisotopic (exact) mass is 598 g/mol. The summed E-state index contributed by atoms with van der Waals surface area (Å²) in [6, 6.07) is 11.7. The van der Waals surface area contributed by atoms with Gasteiger partial charge >= 0.3 is 0 Å². The summed E-state index contributed by atoms with van der Waals surface area (Å²) >= 11 is 6.62. The minimum absolute atomic E-state index is 0.0779. The smallest absolute Gasteiger partial charge is 0.224 e. The standard InChI is InChI=1S/C31H43ClN6O4/c1-6-40-29-16-26-24(15-27(29)36-30(39)8-7-12-38(4)5)31(21(17-33)18-34-26)35-22-9-10-28(25(32)14-22)41-13-11-23-19(2)37-42-20(23)3/h9-10,14-16,19-21,23,31,34-35,37H,6-8,11-13,18H2,1-5H3,(H,36,39). The van der Waals surface area contributed by atoms with Crippen LogP contribution in [0.25, 0.3) is 0 Å². The summed E-state index contributed by atoms with van der Waals surface area (Å²) in [6.45, 7) is 8.35. The molecule has 0 bridgehead atoms. The van der Waals surface area contributed by atoms with E-state index < -0.39 is 0 Å². The quantitative estimate of drug-likeness (QED) is 0.239. The van der Waals surface area contributed by atoms with Crippen LogP contribution in [0.2, 0.25) is 5.02 Å². The van der Waals surface area contributed by atoms with Gasteiger partial charge in [0.2, 0.25) is 5.91 Å². The predicted molar refractivity (Wildman–Crippen MR) is 166 cm³/mol. The summed E-state index contributed by atoms with van der Waals surface area (Å²) < 4.78 is 11.9. The second-order valence-electron chi connectivity index (χ2n) is 11.2. The van der Waals surface area contributed by atoms with Crippen molar-refractivity contribution in [2.24, 2.45) is 11.8 Å². The zero-order valence-electron chi connectivity index (χ0n) is 25.1. The molecule has 10 nitrogen and oxygen atoms in total. The van der Waals surface area contributed by atoms with Crippen LogP contribution in [0.4, 0.5) is 17.1 Å². The van der Waals surface area contributed by atoms with Gasteiger partial charge in [0, 0.05) is 47.9 Å². The fraction of sp³-hybridized carbons (Fsp3) is 0.548. The first kappa shape index (κ1) is 31.7. The number of rotatable bonds is 13. The van der Waals surface area contributed by atoms with Gasteiger partial charge < -0.3 is 30.3 Å². The van der Waals surface area contributed by atoms with Crippen molar-refractivity contribution in [2.45, 2.75) is 58.2 Å². The third-order valence-electron chi connectivity index (χ3n) is 7.80. The van der Waals surface area contributed by atoms with Gasteiger partial charge in [0.1, 0.15) is 11.5 Å². The lowest BCUT2D eigenvalue weighted by Gasteiger charge is -2.33. The third kappa shape index (κ3) is 7.98. The highest BCUT2D eigenvalue weighted by Crippen LogP contribution is 2.42. The molecule has 4 rings (SSSR count). The Morgan fingerprint density at radius 1 is 1.21 bits per heavy atom. The van der Waals surface area contributed by atoms with Gasteiger partial charge in [0.25, 0.3) is 0 Å². The van der Waals surface area contributed by atoms with Crippen molar-refractivity contribution in [2.75, 3.05) is 56.3 Å². The molecule has 2 aromatic carbocycles. The average Bonchev–Trinajstić information content (AvgIpc) is 3.27. The van der Waals surface area contributed by atoms with E-state index in [0.29, 0.717) is 54.3 Å². The number of hydroxylamine groups is 1. The molecule has 42 heavy (non-hydrogen) atoms. The minimum Gasteiger partial charge on any atom is -0.492 e. The highest BCUT2D eigenvalue weighted by atomic mass is 35.5. The van der Waals surface area contributed by atoms with Crippen molar-refractivity contribution < 1.29 is 19.1 Å². The molecule has 228 valence electrons. The summed E-state index contributed by atoms with van der Waals surface area (Å²) in [7, 11) is 3.97. The largest absolute Gasteiger partial charge is 0.492 e. The first-order valence-electron chi connectivity index (χ1n) is 14.7. The van der Waals surface area contributed by atoms with Crippen molar-refractivity contribution in [3.05, 3.63) is 40.9 Å². The molecule has 2 aliphatic rings. The Hall–Kier alpha value is -3.23. The summed E-state index contributed by atoms with van der Waals surface area (Å²) in [5.74, 6) is 1.12. The van der Waals surface area contributed by atoms with E-state index in [0.717, 1.165) is 36.3 Å². The van der Waals surface area contributed by atoms with E-state index in [1.165, 1.54) is 0 Å². The number of carbonyl (C=O) groups excluding carboxylic acids is 1. The van der Waals surface area contributed by atoms with E-state index in [1.54, 1.807) is 0 Å². The highest BCUT2D eigenvalue weighted by Gasteiger charge is 2.32. The maximum Gasteiger partial charge on any atom is 0.224 e. The Morgan fingerprint density at radius 2 is 2.02 bits per heavy atom. The number of amides is 1. The van der Waals surface area contributed by atoms with Gasteiger partial charge in [-0.1, -0.05) is 11.6 Å². The van der Waals surface area contributed by atoms with Crippen LogP contribution >= 0.6 is 11.6 Å². The number of ether oxygens (including phenoxy) is 2. The second kappa shape index (κ2) is 14.8. The molecule has 0 saturated carbocycles. The molecular weight excluding hydrogens is 556 g/mol. The molecule has 4 N–H and O–H groups in total. The number of hydrogen-bond donors (Lipinski definition) is 4. The molecule has 0 radical (unpaired) electrons. The van der Waals surface area contributed by atoms with Crippen molar-refractivity contribution in [3.63, 3.8) is 0 Å². The molecule has 0 aliphatic carbocycles. The maximum atomic E-state index is 12.8. The number of nitriles is 1. The molecule has 1 fully saturated rings. The summed E-state index contributed by atoms with van der Waals surface area (Å²) in [5, 5.41) is 20.4. The van der Waals surface area contributed by atoms with Crippen LogP contribution in [0.5, 0.6) is 11.5 Å². The van der Waals surface area contributed by atoms with Crippen LogP contribution in [0.3, 0.4) is 0 Å². The molecule has 5 unspecified atom stereocenters. The van der Waals surface area contributed by atoms with Crippen LogP contribution in [-0.4, -0.2) is 63.4 Å².